The zero-order valence-corrected chi connectivity index (χ0v) is 15.7. The molecule has 0 bridgehead atoms. The molecular formula is C18H19BrN2O4. The lowest BCUT2D eigenvalue weighted by Gasteiger charge is -2.13. The molecule has 0 fully saturated rings. The van der Waals surface area contributed by atoms with E-state index in [0.717, 1.165) is 4.47 Å². The molecule has 0 spiro atoms. The molecule has 2 aromatic carbocycles. The summed E-state index contributed by atoms with van der Waals surface area (Å²) in [5, 5.41) is 13.7. The van der Waals surface area contributed by atoms with Gasteiger partial charge in [-0.1, -0.05) is 15.9 Å². The Morgan fingerprint density at radius 3 is 2.72 bits per heavy atom. The quantitative estimate of drug-likeness (QED) is 0.565. The van der Waals surface area contributed by atoms with Crippen LogP contribution in [0.2, 0.25) is 0 Å². The lowest BCUT2D eigenvalue weighted by atomic mass is 10.2. The number of hydrogen-bond donors (Lipinski definition) is 2. The molecule has 132 valence electrons. The summed E-state index contributed by atoms with van der Waals surface area (Å²) in [6, 6.07) is 9.90. The summed E-state index contributed by atoms with van der Waals surface area (Å²) < 4.78 is 11.5. The van der Waals surface area contributed by atoms with Crippen LogP contribution in [-0.2, 0) is 0 Å². The Balaban J connectivity index is 2.16. The molecule has 0 aliphatic rings. The van der Waals surface area contributed by atoms with E-state index in [4.69, 9.17) is 9.47 Å². The third-order valence-corrected chi connectivity index (χ3v) is 3.65. The van der Waals surface area contributed by atoms with Gasteiger partial charge >= 0.3 is 0 Å². The number of phenols is 1. The van der Waals surface area contributed by atoms with Crippen LogP contribution in [0.4, 0.5) is 0 Å². The minimum atomic E-state index is -0.421. The molecule has 0 unspecified atom stereocenters. The number of hydrogen-bond acceptors (Lipinski definition) is 5. The standard InChI is InChI=1S/C18H19BrN2O4/c1-11(2)25-17-7-4-13(19)9-15(17)18(23)21-20-10-12-8-14(24-3)5-6-16(12)22/h4-11,22H,1-3H3,(H,21,23). The number of carbonyl (C=O) groups excluding carboxylic acids is 1. The summed E-state index contributed by atoms with van der Waals surface area (Å²) in [7, 11) is 1.53. The fourth-order valence-electron chi connectivity index (χ4n) is 2.02. The van der Waals surface area contributed by atoms with Crippen LogP contribution >= 0.6 is 15.9 Å². The number of rotatable bonds is 6. The van der Waals surface area contributed by atoms with Crippen LogP contribution in [0.15, 0.2) is 46.0 Å². The molecule has 0 heterocycles. The molecule has 2 N–H and O–H groups in total. The minimum absolute atomic E-state index is 0.0325. The third-order valence-electron chi connectivity index (χ3n) is 3.15. The highest BCUT2D eigenvalue weighted by Crippen LogP contribution is 2.24. The number of halogens is 1. The second-order valence-corrected chi connectivity index (χ2v) is 6.35. The second-order valence-electron chi connectivity index (χ2n) is 5.43. The molecule has 2 rings (SSSR count). The Morgan fingerprint density at radius 1 is 1.28 bits per heavy atom. The SMILES string of the molecule is COc1ccc(O)c(C=NNC(=O)c2cc(Br)ccc2OC(C)C)c1. The van der Waals surface area contributed by atoms with Crippen molar-refractivity contribution in [3.63, 3.8) is 0 Å². The van der Waals surface area contributed by atoms with E-state index in [2.05, 4.69) is 26.5 Å². The topological polar surface area (TPSA) is 80.2 Å². The zero-order chi connectivity index (χ0) is 18.4. The monoisotopic (exact) mass is 406 g/mol. The van der Waals surface area contributed by atoms with Gasteiger partial charge in [-0.15, -0.1) is 0 Å². The number of methoxy groups -OCH3 is 1. The maximum atomic E-state index is 12.4. The Bertz CT molecular complexity index is 791. The van der Waals surface area contributed by atoms with E-state index >= 15 is 0 Å². The summed E-state index contributed by atoms with van der Waals surface area (Å²) >= 11 is 3.34. The molecular weight excluding hydrogens is 388 g/mol. The summed E-state index contributed by atoms with van der Waals surface area (Å²) in [6.45, 7) is 3.76. The van der Waals surface area contributed by atoms with Gasteiger partial charge in [0.2, 0.25) is 0 Å². The van der Waals surface area contributed by atoms with Gasteiger partial charge < -0.3 is 14.6 Å². The van der Waals surface area contributed by atoms with E-state index < -0.39 is 5.91 Å². The van der Waals surface area contributed by atoms with Gasteiger partial charge in [-0.3, -0.25) is 4.79 Å². The summed E-state index contributed by atoms with van der Waals surface area (Å²) in [5.74, 6) is 0.654. The minimum Gasteiger partial charge on any atom is -0.507 e. The number of nitrogens with zero attached hydrogens (tertiary/aromatic N) is 1. The van der Waals surface area contributed by atoms with Crippen LogP contribution in [0.1, 0.15) is 29.8 Å². The smallest absolute Gasteiger partial charge is 0.275 e. The van der Waals surface area contributed by atoms with E-state index in [9.17, 15) is 9.90 Å². The van der Waals surface area contributed by atoms with E-state index in [0.29, 0.717) is 22.6 Å². The van der Waals surface area contributed by atoms with E-state index in [1.807, 2.05) is 13.8 Å². The molecule has 0 aliphatic carbocycles. The van der Waals surface area contributed by atoms with Gasteiger partial charge in [0.15, 0.2) is 0 Å². The number of hydrazone groups is 1. The molecule has 0 atom stereocenters. The van der Waals surface area contributed by atoms with Gasteiger partial charge in [-0.2, -0.15) is 5.10 Å². The number of aromatic hydroxyl groups is 1. The van der Waals surface area contributed by atoms with Crippen LogP contribution in [0.3, 0.4) is 0 Å². The van der Waals surface area contributed by atoms with Crippen LogP contribution in [-0.4, -0.2) is 30.4 Å². The zero-order valence-electron chi connectivity index (χ0n) is 14.1. The highest BCUT2D eigenvalue weighted by Gasteiger charge is 2.14. The number of nitrogens with one attached hydrogen (secondary N) is 1. The first-order chi connectivity index (χ1) is 11.9. The van der Waals surface area contributed by atoms with Crippen LogP contribution < -0.4 is 14.9 Å². The van der Waals surface area contributed by atoms with E-state index in [1.165, 1.54) is 19.4 Å². The summed E-state index contributed by atoms with van der Waals surface area (Å²) in [5.41, 5.74) is 3.21. The molecule has 6 nitrogen and oxygen atoms in total. The van der Waals surface area contributed by atoms with Gasteiger partial charge in [-0.25, -0.2) is 5.43 Å². The van der Waals surface area contributed by atoms with Crippen molar-refractivity contribution >= 4 is 28.1 Å². The van der Waals surface area contributed by atoms with Gasteiger partial charge in [0.25, 0.3) is 5.91 Å². The Kier molecular flexibility index (Phi) is 6.41. The maximum Gasteiger partial charge on any atom is 0.275 e. The first-order valence-electron chi connectivity index (χ1n) is 7.57. The Labute approximate surface area is 154 Å². The van der Waals surface area contributed by atoms with Gasteiger partial charge in [0.1, 0.15) is 17.2 Å². The van der Waals surface area contributed by atoms with Crippen molar-refractivity contribution in [2.24, 2.45) is 5.10 Å². The first-order valence-corrected chi connectivity index (χ1v) is 8.36. The van der Waals surface area contributed by atoms with Crippen molar-refractivity contribution in [3.05, 3.63) is 52.0 Å². The molecule has 7 heteroatoms. The highest BCUT2D eigenvalue weighted by atomic mass is 79.9. The lowest BCUT2D eigenvalue weighted by Crippen LogP contribution is -2.20. The van der Waals surface area contributed by atoms with Gasteiger partial charge in [0.05, 0.1) is 25.0 Å². The number of phenolic OH excluding ortho intramolecular Hbond substituents is 1. The number of benzene rings is 2. The Morgan fingerprint density at radius 2 is 2.04 bits per heavy atom. The fraction of sp³-hybridized carbons (Fsp3) is 0.222. The number of amides is 1. The molecule has 2 aromatic rings. The molecule has 1 amide bonds. The van der Waals surface area contributed by atoms with E-state index in [1.54, 1.807) is 30.3 Å². The number of ether oxygens (including phenoxy) is 2. The molecule has 25 heavy (non-hydrogen) atoms. The summed E-state index contributed by atoms with van der Waals surface area (Å²) in [4.78, 5) is 12.4. The van der Waals surface area contributed by atoms with Crippen LogP contribution in [0.25, 0.3) is 0 Å². The third kappa shape index (κ3) is 5.22. The predicted molar refractivity (Wildman–Crippen MR) is 99.6 cm³/mol. The van der Waals surface area contributed by atoms with Gasteiger partial charge in [-0.05, 0) is 50.2 Å². The molecule has 0 saturated carbocycles. The first kappa shape index (κ1) is 18.8. The highest BCUT2D eigenvalue weighted by molar-refractivity contribution is 9.10. The average molecular weight is 407 g/mol. The largest absolute Gasteiger partial charge is 0.507 e. The lowest BCUT2D eigenvalue weighted by molar-refractivity contribution is 0.0949. The number of carbonyl (C=O) groups is 1. The second kappa shape index (κ2) is 8.53. The van der Waals surface area contributed by atoms with Crippen molar-refractivity contribution in [2.75, 3.05) is 7.11 Å². The molecule has 0 saturated heterocycles. The van der Waals surface area contributed by atoms with Crippen molar-refractivity contribution in [1.82, 2.24) is 5.43 Å². The fourth-order valence-corrected chi connectivity index (χ4v) is 2.38. The Hall–Kier alpha value is -2.54. The summed E-state index contributed by atoms with van der Waals surface area (Å²) in [6.07, 6.45) is 1.28. The molecule has 0 aliphatic heterocycles. The maximum absolute atomic E-state index is 12.4. The predicted octanol–water partition coefficient (Wildman–Crippen LogP) is 3.71. The molecule has 0 radical (unpaired) electrons. The van der Waals surface area contributed by atoms with Crippen molar-refractivity contribution < 1.29 is 19.4 Å². The van der Waals surface area contributed by atoms with Crippen LogP contribution in [0.5, 0.6) is 17.2 Å². The van der Waals surface area contributed by atoms with Crippen molar-refractivity contribution in [3.8, 4) is 17.2 Å². The van der Waals surface area contributed by atoms with Crippen LogP contribution in [0, 0.1) is 0 Å². The van der Waals surface area contributed by atoms with Crippen molar-refractivity contribution in [2.45, 2.75) is 20.0 Å². The molecule has 0 aromatic heterocycles. The average Bonchev–Trinajstić information content (AvgIpc) is 2.57. The normalized spacial score (nSPS) is 10.9. The van der Waals surface area contributed by atoms with Gasteiger partial charge in [0, 0.05) is 10.0 Å². The van der Waals surface area contributed by atoms with Crippen molar-refractivity contribution in [1.29, 1.82) is 0 Å². The van der Waals surface area contributed by atoms with E-state index in [-0.39, 0.29) is 11.9 Å².